The normalized spacial score (nSPS) is 13.9. The van der Waals surface area contributed by atoms with Gasteiger partial charge in [-0.15, -0.1) is 0 Å². The molecule has 15 heavy (non-hydrogen) atoms. The van der Waals surface area contributed by atoms with E-state index in [1.54, 1.807) is 0 Å². The number of hydrazine groups is 1. The van der Waals surface area contributed by atoms with E-state index in [1.807, 2.05) is 0 Å². The van der Waals surface area contributed by atoms with Crippen molar-refractivity contribution in [2.45, 2.75) is 45.1 Å². The van der Waals surface area contributed by atoms with Gasteiger partial charge in [-0.1, -0.05) is 44.2 Å². The molecule has 0 aliphatic heterocycles. The van der Waals surface area contributed by atoms with Crippen molar-refractivity contribution in [1.29, 1.82) is 0 Å². The van der Waals surface area contributed by atoms with Gasteiger partial charge >= 0.3 is 0 Å². The lowest BCUT2D eigenvalue weighted by Gasteiger charge is -2.38. The van der Waals surface area contributed by atoms with Crippen molar-refractivity contribution in [3.05, 3.63) is 35.9 Å². The van der Waals surface area contributed by atoms with Crippen LogP contribution in [0.5, 0.6) is 0 Å². The molecule has 0 aliphatic rings. The number of nitrogens with two attached hydrogens (primary N) is 1. The molecule has 0 amide bonds. The van der Waals surface area contributed by atoms with Crippen LogP contribution in [0.3, 0.4) is 0 Å². The first-order chi connectivity index (χ1) is 7.21. The Kier molecular flexibility index (Phi) is 4.30. The molecule has 0 aromatic heterocycles. The van der Waals surface area contributed by atoms with Gasteiger partial charge in [-0.3, -0.25) is 11.3 Å². The van der Waals surface area contributed by atoms with Crippen LogP contribution in [0.4, 0.5) is 0 Å². The molecule has 0 heterocycles. The number of benzene rings is 1. The highest BCUT2D eigenvalue weighted by Gasteiger charge is 2.33. The zero-order valence-electron chi connectivity index (χ0n) is 9.96. The predicted octanol–water partition coefficient (Wildman–Crippen LogP) is 2.60. The van der Waals surface area contributed by atoms with Crippen LogP contribution >= 0.6 is 0 Å². The van der Waals surface area contributed by atoms with Crippen LogP contribution in [-0.2, 0) is 5.41 Å². The summed E-state index contributed by atoms with van der Waals surface area (Å²) in [5, 5.41) is 0. The van der Waals surface area contributed by atoms with E-state index in [2.05, 4.69) is 56.5 Å². The van der Waals surface area contributed by atoms with Gasteiger partial charge in [-0.2, -0.15) is 0 Å². The number of nitrogens with one attached hydrogen (secondary N) is 1. The third kappa shape index (κ3) is 2.21. The largest absolute Gasteiger partial charge is 0.271 e. The van der Waals surface area contributed by atoms with E-state index in [0.29, 0.717) is 0 Å². The van der Waals surface area contributed by atoms with E-state index < -0.39 is 0 Å². The fourth-order valence-electron chi connectivity index (χ4n) is 2.45. The maximum absolute atomic E-state index is 5.60. The Labute approximate surface area is 92.8 Å². The SMILES string of the molecule is CCC(CC)(c1ccccc1)C(C)NN. The third-order valence-electron chi connectivity index (χ3n) is 3.69. The molecule has 2 heteroatoms. The molecule has 84 valence electrons. The summed E-state index contributed by atoms with van der Waals surface area (Å²) in [6, 6.07) is 10.9. The van der Waals surface area contributed by atoms with Crippen LogP contribution in [-0.4, -0.2) is 6.04 Å². The van der Waals surface area contributed by atoms with Crippen molar-refractivity contribution >= 4 is 0 Å². The van der Waals surface area contributed by atoms with Crippen molar-refractivity contribution in [1.82, 2.24) is 5.43 Å². The molecule has 0 saturated carbocycles. The minimum atomic E-state index is 0.149. The van der Waals surface area contributed by atoms with E-state index in [4.69, 9.17) is 5.84 Å². The van der Waals surface area contributed by atoms with Crippen molar-refractivity contribution in [3.8, 4) is 0 Å². The maximum Gasteiger partial charge on any atom is 0.0278 e. The zero-order chi connectivity index (χ0) is 11.3. The summed E-state index contributed by atoms with van der Waals surface area (Å²) < 4.78 is 0. The molecule has 1 unspecified atom stereocenters. The number of rotatable bonds is 5. The second-order valence-corrected chi connectivity index (χ2v) is 4.12. The van der Waals surface area contributed by atoms with Gasteiger partial charge in [0.2, 0.25) is 0 Å². The summed E-state index contributed by atoms with van der Waals surface area (Å²) >= 11 is 0. The molecule has 1 atom stereocenters. The molecular weight excluding hydrogens is 184 g/mol. The molecule has 0 spiro atoms. The standard InChI is InChI=1S/C13H22N2/c1-4-13(5-2,11(3)15-14)12-9-7-6-8-10-12/h6-11,15H,4-5,14H2,1-3H3. The van der Waals surface area contributed by atoms with Gasteiger partial charge in [0, 0.05) is 11.5 Å². The highest BCUT2D eigenvalue weighted by molar-refractivity contribution is 5.27. The summed E-state index contributed by atoms with van der Waals surface area (Å²) in [5.41, 5.74) is 4.43. The molecular formula is C13H22N2. The van der Waals surface area contributed by atoms with Crippen LogP contribution in [0.25, 0.3) is 0 Å². The average Bonchev–Trinajstić information content (AvgIpc) is 2.32. The van der Waals surface area contributed by atoms with Crippen molar-refractivity contribution in [2.75, 3.05) is 0 Å². The lowest BCUT2D eigenvalue weighted by molar-refractivity contribution is 0.289. The van der Waals surface area contributed by atoms with Crippen LogP contribution < -0.4 is 11.3 Å². The van der Waals surface area contributed by atoms with E-state index in [9.17, 15) is 0 Å². The predicted molar refractivity (Wildman–Crippen MR) is 65.5 cm³/mol. The zero-order valence-corrected chi connectivity index (χ0v) is 9.96. The lowest BCUT2D eigenvalue weighted by Crippen LogP contribution is -2.48. The summed E-state index contributed by atoms with van der Waals surface area (Å²) in [5.74, 6) is 5.60. The maximum atomic E-state index is 5.60. The fraction of sp³-hybridized carbons (Fsp3) is 0.538. The molecule has 0 radical (unpaired) electrons. The van der Waals surface area contributed by atoms with Gasteiger partial charge in [-0.25, -0.2) is 0 Å². The number of hydrogen-bond donors (Lipinski definition) is 2. The van der Waals surface area contributed by atoms with Crippen molar-refractivity contribution < 1.29 is 0 Å². The lowest BCUT2D eigenvalue weighted by atomic mass is 9.71. The molecule has 0 aliphatic carbocycles. The Morgan fingerprint density at radius 1 is 1.20 bits per heavy atom. The van der Waals surface area contributed by atoms with Gasteiger partial charge in [0.15, 0.2) is 0 Å². The second-order valence-electron chi connectivity index (χ2n) is 4.12. The van der Waals surface area contributed by atoms with Gasteiger partial charge in [-0.05, 0) is 25.3 Å². The van der Waals surface area contributed by atoms with Gasteiger partial charge in [0.25, 0.3) is 0 Å². The monoisotopic (exact) mass is 206 g/mol. The molecule has 0 saturated heterocycles. The Bertz CT molecular complexity index is 278. The van der Waals surface area contributed by atoms with Crippen LogP contribution in [0.1, 0.15) is 39.2 Å². The fourth-order valence-corrected chi connectivity index (χ4v) is 2.45. The molecule has 1 rings (SSSR count). The molecule has 3 N–H and O–H groups in total. The van der Waals surface area contributed by atoms with Crippen LogP contribution in [0.15, 0.2) is 30.3 Å². The summed E-state index contributed by atoms with van der Waals surface area (Å²) in [4.78, 5) is 0. The minimum absolute atomic E-state index is 0.149. The van der Waals surface area contributed by atoms with E-state index >= 15 is 0 Å². The Morgan fingerprint density at radius 2 is 1.73 bits per heavy atom. The van der Waals surface area contributed by atoms with E-state index in [-0.39, 0.29) is 11.5 Å². The van der Waals surface area contributed by atoms with Crippen LogP contribution in [0, 0.1) is 0 Å². The Balaban J connectivity index is 3.11. The van der Waals surface area contributed by atoms with Crippen molar-refractivity contribution in [2.24, 2.45) is 5.84 Å². The van der Waals surface area contributed by atoms with Gasteiger partial charge in [0.1, 0.15) is 0 Å². The third-order valence-corrected chi connectivity index (χ3v) is 3.69. The summed E-state index contributed by atoms with van der Waals surface area (Å²) in [6.45, 7) is 6.61. The molecule has 0 fully saturated rings. The van der Waals surface area contributed by atoms with Gasteiger partial charge < -0.3 is 0 Å². The minimum Gasteiger partial charge on any atom is -0.271 e. The Hall–Kier alpha value is -0.860. The average molecular weight is 206 g/mol. The summed E-state index contributed by atoms with van der Waals surface area (Å²) in [6.07, 6.45) is 2.19. The topological polar surface area (TPSA) is 38.0 Å². The molecule has 0 bridgehead atoms. The first-order valence-corrected chi connectivity index (χ1v) is 5.73. The molecule has 1 aromatic rings. The Morgan fingerprint density at radius 3 is 2.13 bits per heavy atom. The van der Waals surface area contributed by atoms with Crippen molar-refractivity contribution in [3.63, 3.8) is 0 Å². The number of hydrogen-bond acceptors (Lipinski definition) is 2. The second kappa shape index (κ2) is 5.29. The van der Waals surface area contributed by atoms with E-state index in [1.165, 1.54) is 5.56 Å². The first-order valence-electron chi connectivity index (χ1n) is 5.73. The molecule has 2 nitrogen and oxygen atoms in total. The van der Waals surface area contributed by atoms with Gasteiger partial charge in [0.05, 0.1) is 0 Å². The summed E-state index contributed by atoms with van der Waals surface area (Å²) in [7, 11) is 0. The highest BCUT2D eigenvalue weighted by Crippen LogP contribution is 2.34. The quantitative estimate of drug-likeness (QED) is 0.574. The van der Waals surface area contributed by atoms with E-state index in [0.717, 1.165) is 12.8 Å². The molecule has 1 aromatic carbocycles. The highest BCUT2D eigenvalue weighted by atomic mass is 15.2. The van der Waals surface area contributed by atoms with Crippen LogP contribution in [0.2, 0.25) is 0 Å². The smallest absolute Gasteiger partial charge is 0.0278 e. The first kappa shape index (κ1) is 12.2.